The van der Waals surface area contributed by atoms with E-state index in [9.17, 15) is 10.2 Å². The number of aromatic nitrogens is 2. The summed E-state index contributed by atoms with van der Waals surface area (Å²) in [7, 11) is 0. The van der Waals surface area contributed by atoms with E-state index in [1.807, 2.05) is 72.8 Å². The molecule has 5 rings (SSSR count). The molecule has 1 aromatic heterocycles. The monoisotopic (exact) mass is 432 g/mol. The van der Waals surface area contributed by atoms with Gasteiger partial charge in [0.2, 0.25) is 5.95 Å². The molecule has 0 aliphatic carbocycles. The molecule has 160 valence electrons. The Balaban J connectivity index is 1.54. The molecule has 6 heteroatoms. The Kier molecular flexibility index (Phi) is 5.39. The Bertz CT molecular complexity index is 1470. The van der Waals surface area contributed by atoms with Crippen LogP contribution in [-0.4, -0.2) is 26.4 Å². The van der Waals surface area contributed by atoms with Crippen LogP contribution in [0.4, 0.5) is 5.95 Å². The molecular formula is C27H20N4O2. The van der Waals surface area contributed by atoms with Crippen molar-refractivity contribution in [3.8, 4) is 34.0 Å². The average Bonchev–Trinajstić information content (AvgIpc) is 2.86. The number of anilines is 1. The second-order valence-corrected chi connectivity index (χ2v) is 7.43. The fraction of sp³-hybridized carbons (Fsp3) is 0. The number of hydrogen-bond acceptors (Lipinski definition) is 6. The maximum Gasteiger partial charge on any atom is 0.244 e. The Morgan fingerprint density at radius 2 is 1.42 bits per heavy atom. The topological polar surface area (TPSA) is 90.6 Å². The van der Waals surface area contributed by atoms with Crippen LogP contribution in [0.2, 0.25) is 0 Å². The zero-order valence-electron chi connectivity index (χ0n) is 17.6. The third-order valence-corrected chi connectivity index (χ3v) is 5.28. The van der Waals surface area contributed by atoms with Crippen molar-refractivity contribution in [2.45, 2.75) is 0 Å². The van der Waals surface area contributed by atoms with Crippen molar-refractivity contribution in [3.63, 3.8) is 0 Å². The minimum Gasteiger partial charge on any atom is -0.507 e. The van der Waals surface area contributed by atoms with Crippen molar-refractivity contribution in [2.75, 3.05) is 5.43 Å². The number of fused-ring (bicyclic) bond motifs is 1. The normalized spacial score (nSPS) is 11.2. The number of rotatable bonds is 5. The van der Waals surface area contributed by atoms with Crippen molar-refractivity contribution in [1.82, 2.24) is 9.97 Å². The third kappa shape index (κ3) is 4.22. The van der Waals surface area contributed by atoms with Gasteiger partial charge in [-0.05, 0) is 35.0 Å². The highest BCUT2D eigenvalue weighted by Gasteiger charge is 2.11. The molecule has 0 radical (unpaired) electrons. The molecule has 33 heavy (non-hydrogen) atoms. The van der Waals surface area contributed by atoms with Crippen LogP contribution in [0.15, 0.2) is 102 Å². The van der Waals surface area contributed by atoms with E-state index in [0.29, 0.717) is 22.5 Å². The van der Waals surface area contributed by atoms with E-state index in [2.05, 4.69) is 20.5 Å². The third-order valence-electron chi connectivity index (χ3n) is 5.28. The lowest BCUT2D eigenvalue weighted by Gasteiger charge is -2.09. The maximum absolute atomic E-state index is 10.3. The maximum atomic E-state index is 10.3. The van der Waals surface area contributed by atoms with Crippen molar-refractivity contribution >= 4 is 22.9 Å². The second kappa shape index (κ2) is 8.80. The van der Waals surface area contributed by atoms with E-state index < -0.39 is 0 Å². The average molecular weight is 432 g/mol. The number of para-hydroxylation sites is 1. The van der Waals surface area contributed by atoms with Crippen LogP contribution in [-0.2, 0) is 0 Å². The van der Waals surface area contributed by atoms with Crippen LogP contribution < -0.4 is 5.43 Å². The molecule has 0 aliphatic heterocycles. The number of nitrogens with zero attached hydrogens (tertiary/aromatic N) is 3. The summed E-state index contributed by atoms with van der Waals surface area (Å²) in [4.78, 5) is 9.14. The zero-order valence-corrected chi connectivity index (χ0v) is 17.6. The Morgan fingerprint density at radius 3 is 2.27 bits per heavy atom. The van der Waals surface area contributed by atoms with Crippen molar-refractivity contribution in [3.05, 3.63) is 103 Å². The molecule has 0 unspecified atom stereocenters. The Morgan fingerprint density at radius 1 is 0.697 bits per heavy atom. The fourth-order valence-corrected chi connectivity index (χ4v) is 3.66. The standard InChI is InChI=1S/C27H20N4O2/c32-25-13-7-6-12-21(25)24-16-23(19-9-2-1-3-10-19)29-27(30-24)31-28-17-22-20-11-5-4-8-18(20)14-15-26(22)33/h1-17,32-33H,(H,29,30,31)/b28-17-. The number of benzene rings is 4. The van der Waals surface area contributed by atoms with Crippen LogP contribution in [0.1, 0.15) is 5.56 Å². The van der Waals surface area contributed by atoms with Gasteiger partial charge >= 0.3 is 0 Å². The largest absolute Gasteiger partial charge is 0.507 e. The molecule has 0 aliphatic rings. The molecule has 0 spiro atoms. The number of phenols is 2. The van der Waals surface area contributed by atoms with E-state index in [1.54, 1.807) is 30.5 Å². The van der Waals surface area contributed by atoms with Gasteiger partial charge in [-0.1, -0.05) is 72.8 Å². The lowest BCUT2D eigenvalue weighted by Crippen LogP contribution is -2.00. The summed E-state index contributed by atoms with van der Waals surface area (Å²) >= 11 is 0. The number of aromatic hydroxyl groups is 2. The van der Waals surface area contributed by atoms with Crippen LogP contribution >= 0.6 is 0 Å². The lowest BCUT2D eigenvalue weighted by atomic mass is 10.0. The first kappa shape index (κ1) is 20.2. The minimum absolute atomic E-state index is 0.130. The molecule has 0 saturated heterocycles. The molecule has 1 heterocycles. The molecule has 5 aromatic rings. The summed E-state index contributed by atoms with van der Waals surface area (Å²) in [5, 5.41) is 26.9. The zero-order chi connectivity index (χ0) is 22.6. The highest BCUT2D eigenvalue weighted by atomic mass is 16.3. The summed E-state index contributed by atoms with van der Waals surface area (Å²) in [6.45, 7) is 0. The molecule has 3 N–H and O–H groups in total. The van der Waals surface area contributed by atoms with E-state index in [1.165, 1.54) is 0 Å². The SMILES string of the molecule is Oc1ccccc1-c1cc(-c2ccccc2)nc(N/N=C\c2c(O)ccc3ccccc23)n1. The minimum atomic E-state index is 0.130. The fourth-order valence-electron chi connectivity index (χ4n) is 3.66. The molecule has 0 fully saturated rings. The molecule has 0 atom stereocenters. The Labute approximate surface area is 190 Å². The van der Waals surface area contributed by atoms with Crippen molar-refractivity contribution in [2.24, 2.45) is 5.10 Å². The molecule has 6 nitrogen and oxygen atoms in total. The Hall–Kier alpha value is -4.71. The predicted octanol–water partition coefficient (Wildman–Crippen LogP) is 5.82. The number of nitrogens with one attached hydrogen (secondary N) is 1. The van der Waals surface area contributed by atoms with Gasteiger partial charge in [0.05, 0.1) is 17.6 Å². The van der Waals surface area contributed by atoms with E-state index in [0.717, 1.165) is 16.3 Å². The van der Waals surface area contributed by atoms with Gasteiger partial charge in [-0.2, -0.15) is 5.10 Å². The van der Waals surface area contributed by atoms with Crippen molar-refractivity contribution < 1.29 is 10.2 Å². The van der Waals surface area contributed by atoms with E-state index >= 15 is 0 Å². The smallest absolute Gasteiger partial charge is 0.244 e. The first-order valence-corrected chi connectivity index (χ1v) is 10.4. The molecule has 0 amide bonds. The number of phenolic OH excluding ortho intramolecular Hbond substituents is 2. The number of hydrazone groups is 1. The van der Waals surface area contributed by atoms with Crippen LogP contribution in [0.25, 0.3) is 33.3 Å². The van der Waals surface area contributed by atoms with Crippen LogP contribution in [0.5, 0.6) is 11.5 Å². The molecular weight excluding hydrogens is 412 g/mol. The van der Waals surface area contributed by atoms with Gasteiger partial charge in [0, 0.05) is 16.7 Å². The molecule has 0 saturated carbocycles. The van der Waals surface area contributed by atoms with Crippen molar-refractivity contribution in [1.29, 1.82) is 0 Å². The van der Waals surface area contributed by atoms with Gasteiger partial charge in [-0.15, -0.1) is 0 Å². The predicted molar refractivity (Wildman–Crippen MR) is 131 cm³/mol. The molecule has 0 bridgehead atoms. The summed E-state index contributed by atoms with van der Waals surface area (Å²) in [6, 6.07) is 29.8. The van der Waals surface area contributed by atoms with Crippen LogP contribution in [0, 0.1) is 0 Å². The molecule has 4 aromatic carbocycles. The first-order valence-electron chi connectivity index (χ1n) is 10.4. The van der Waals surface area contributed by atoms with Crippen LogP contribution in [0.3, 0.4) is 0 Å². The highest BCUT2D eigenvalue weighted by molar-refractivity contribution is 6.02. The summed E-state index contributed by atoms with van der Waals surface area (Å²) in [5.74, 6) is 0.532. The summed E-state index contributed by atoms with van der Waals surface area (Å²) < 4.78 is 0. The quantitative estimate of drug-likeness (QED) is 0.240. The van der Waals surface area contributed by atoms with Gasteiger partial charge in [-0.3, -0.25) is 0 Å². The van der Waals surface area contributed by atoms with Gasteiger partial charge in [-0.25, -0.2) is 15.4 Å². The lowest BCUT2D eigenvalue weighted by molar-refractivity contribution is 0.475. The number of hydrogen-bond donors (Lipinski definition) is 3. The van der Waals surface area contributed by atoms with Gasteiger partial charge in [0.1, 0.15) is 11.5 Å². The van der Waals surface area contributed by atoms with Gasteiger partial charge in [0.15, 0.2) is 0 Å². The summed E-state index contributed by atoms with van der Waals surface area (Å²) in [5.41, 5.74) is 6.23. The van der Waals surface area contributed by atoms with E-state index in [-0.39, 0.29) is 17.4 Å². The second-order valence-electron chi connectivity index (χ2n) is 7.43. The van der Waals surface area contributed by atoms with E-state index in [4.69, 9.17) is 0 Å². The first-order chi connectivity index (χ1) is 16.2. The van der Waals surface area contributed by atoms with Gasteiger partial charge in [0.25, 0.3) is 0 Å². The van der Waals surface area contributed by atoms with Gasteiger partial charge < -0.3 is 10.2 Å². The summed E-state index contributed by atoms with van der Waals surface area (Å²) in [6.07, 6.45) is 1.55. The highest BCUT2D eigenvalue weighted by Crippen LogP contribution is 2.31.